The first-order valence-corrected chi connectivity index (χ1v) is 10.5. The third-order valence-electron chi connectivity index (χ3n) is 4.71. The van der Waals surface area contributed by atoms with E-state index in [9.17, 15) is 9.59 Å². The van der Waals surface area contributed by atoms with E-state index >= 15 is 0 Å². The maximum atomic E-state index is 13.1. The van der Waals surface area contributed by atoms with Crippen molar-refractivity contribution in [2.24, 2.45) is 0 Å². The van der Waals surface area contributed by atoms with Crippen LogP contribution < -0.4 is 15.4 Å². The van der Waals surface area contributed by atoms with Crippen molar-refractivity contribution in [3.05, 3.63) is 59.6 Å². The van der Waals surface area contributed by atoms with Gasteiger partial charge in [-0.3, -0.25) is 14.3 Å². The van der Waals surface area contributed by atoms with Gasteiger partial charge in [0.25, 0.3) is 5.91 Å². The minimum Gasteiger partial charge on any atom is -0.496 e. The summed E-state index contributed by atoms with van der Waals surface area (Å²) in [6.07, 6.45) is 6.32. The summed E-state index contributed by atoms with van der Waals surface area (Å²) in [6, 6.07) is 6.80. The highest BCUT2D eigenvalue weighted by Crippen LogP contribution is 2.36. The van der Waals surface area contributed by atoms with E-state index < -0.39 is 5.91 Å². The van der Waals surface area contributed by atoms with Gasteiger partial charge in [0.05, 0.1) is 19.0 Å². The molecule has 0 atom stereocenters. The molecule has 0 radical (unpaired) electrons. The topological polar surface area (TPSA) is 115 Å². The van der Waals surface area contributed by atoms with Gasteiger partial charge in [-0.05, 0) is 38.1 Å². The molecular weight excluding hydrogens is 446 g/mol. The molecular formula is C22H22ClN7O3. The molecule has 0 fully saturated rings. The van der Waals surface area contributed by atoms with Crippen LogP contribution in [0.2, 0.25) is 5.02 Å². The van der Waals surface area contributed by atoms with Crippen LogP contribution in [-0.2, 0) is 11.3 Å². The average Bonchev–Trinajstić information content (AvgIpc) is 3.37. The minimum absolute atomic E-state index is 0.0112. The monoisotopic (exact) mass is 467 g/mol. The van der Waals surface area contributed by atoms with E-state index in [1.54, 1.807) is 42.9 Å². The van der Waals surface area contributed by atoms with E-state index in [4.69, 9.17) is 16.3 Å². The minimum atomic E-state index is -0.419. The summed E-state index contributed by atoms with van der Waals surface area (Å²) in [5.74, 6) is -0.108. The molecule has 0 aliphatic heterocycles. The fraction of sp³-hybridized carbons (Fsp3) is 0.227. The van der Waals surface area contributed by atoms with Gasteiger partial charge in [0, 0.05) is 35.2 Å². The largest absolute Gasteiger partial charge is 0.496 e. The molecule has 170 valence electrons. The Bertz CT molecular complexity index is 1330. The summed E-state index contributed by atoms with van der Waals surface area (Å²) in [7, 11) is 1.53. The Labute approximate surface area is 194 Å². The van der Waals surface area contributed by atoms with E-state index in [0.717, 1.165) is 0 Å². The summed E-state index contributed by atoms with van der Waals surface area (Å²) in [5.41, 5.74) is 2.07. The van der Waals surface area contributed by atoms with Crippen LogP contribution in [0, 0.1) is 0 Å². The third kappa shape index (κ3) is 4.80. The van der Waals surface area contributed by atoms with Crippen LogP contribution >= 0.6 is 11.6 Å². The lowest BCUT2D eigenvalue weighted by atomic mass is 10.1. The van der Waals surface area contributed by atoms with Crippen molar-refractivity contribution in [1.29, 1.82) is 0 Å². The number of methoxy groups -OCH3 is 1. The quantitative estimate of drug-likeness (QED) is 0.431. The van der Waals surface area contributed by atoms with Crippen LogP contribution in [-0.4, -0.2) is 49.3 Å². The Morgan fingerprint density at radius 2 is 2.09 bits per heavy atom. The number of anilines is 1. The SMILES string of the molecule is COc1ccc(Cl)cc1-c1nn(CC(=O)NC(C)C)cc1NC(=O)c1cnn2cccnc12. The zero-order valence-electron chi connectivity index (χ0n) is 18.2. The summed E-state index contributed by atoms with van der Waals surface area (Å²) in [4.78, 5) is 29.6. The van der Waals surface area contributed by atoms with Gasteiger partial charge in [-0.15, -0.1) is 0 Å². The highest BCUT2D eigenvalue weighted by atomic mass is 35.5. The first-order valence-electron chi connectivity index (χ1n) is 10.2. The number of amides is 2. The maximum Gasteiger partial charge on any atom is 0.261 e. The van der Waals surface area contributed by atoms with Crippen LogP contribution in [0.1, 0.15) is 24.2 Å². The Hall–Kier alpha value is -3.92. The molecule has 3 heterocycles. The molecule has 3 aromatic heterocycles. The van der Waals surface area contributed by atoms with Gasteiger partial charge in [-0.25, -0.2) is 9.50 Å². The number of hydrogen-bond donors (Lipinski definition) is 2. The molecule has 0 saturated carbocycles. The number of fused-ring (bicyclic) bond motifs is 1. The predicted octanol–water partition coefficient (Wildman–Crippen LogP) is 3.03. The molecule has 10 nitrogen and oxygen atoms in total. The molecule has 2 N–H and O–H groups in total. The Morgan fingerprint density at radius 1 is 1.27 bits per heavy atom. The molecule has 33 heavy (non-hydrogen) atoms. The van der Waals surface area contributed by atoms with Gasteiger partial charge in [0.2, 0.25) is 5.91 Å². The molecule has 4 rings (SSSR count). The predicted molar refractivity (Wildman–Crippen MR) is 123 cm³/mol. The number of carbonyl (C=O) groups excluding carboxylic acids is 2. The van der Waals surface area contributed by atoms with Gasteiger partial charge in [-0.1, -0.05) is 11.6 Å². The maximum absolute atomic E-state index is 13.1. The highest BCUT2D eigenvalue weighted by Gasteiger charge is 2.21. The zero-order chi connectivity index (χ0) is 23.5. The van der Waals surface area contributed by atoms with Gasteiger partial charge in [-0.2, -0.15) is 10.2 Å². The lowest BCUT2D eigenvalue weighted by molar-refractivity contribution is -0.122. The summed E-state index contributed by atoms with van der Waals surface area (Å²) in [6.45, 7) is 3.72. The number of aromatic nitrogens is 5. The number of carbonyl (C=O) groups is 2. The average molecular weight is 468 g/mol. The number of halogens is 1. The van der Waals surface area contributed by atoms with Crippen LogP contribution in [0.3, 0.4) is 0 Å². The van der Waals surface area contributed by atoms with E-state index in [2.05, 4.69) is 25.8 Å². The second-order valence-corrected chi connectivity index (χ2v) is 7.99. The van der Waals surface area contributed by atoms with Crippen LogP contribution in [0.25, 0.3) is 16.9 Å². The number of benzene rings is 1. The molecule has 11 heteroatoms. The van der Waals surface area contributed by atoms with Crippen LogP contribution in [0.4, 0.5) is 5.69 Å². The number of nitrogens with one attached hydrogen (secondary N) is 2. The fourth-order valence-electron chi connectivity index (χ4n) is 3.35. The molecule has 1 aromatic carbocycles. The summed E-state index contributed by atoms with van der Waals surface area (Å²) < 4.78 is 8.43. The highest BCUT2D eigenvalue weighted by molar-refractivity contribution is 6.31. The molecule has 4 aromatic rings. The van der Waals surface area contributed by atoms with Crippen LogP contribution in [0.15, 0.2) is 49.1 Å². The van der Waals surface area contributed by atoms with E-state index in [0.29, 0.717) is 38.9 Å². The van der Waals surface area contributed by atoms with E-state index in [1.807, 2.05) is 13.8 Å². The molecule has 0 bridgehead atoms. The second kappa shape index (κ2) is 9.29. The van der Waals surface area contributed by atoms with Crippen LogP contribution in [0.5, 0.6) is 5.75 Å². The number of hydrogen-bond acceptors (Lipinski definition) is 6. The molecule has 0 aliphatic carbocycles. The number of nitrogens with zero attached hydrogens (tertiary/aromatic N) is 5. The summed E-state index contributed by atoms with van der Waals surface area (Å²) in [5, 5.41) is 14.9. The normalized spacial score (nSPS) is 11.1. The number of ether oxygens (including phenoxy) is 1. The Morgan fingerprint density at radius 3 is 2.85 bits per heavy atom. The van der Waals surface area contributed by atoms with Crippen molar-refractivity contribution in [1.82, 2.24) is 29.7 Å². The Kier molecular flexibility index (Phi) is 6.27. The third-order valence-corrected chi connectivity index (χ3v) is 4.94. The Balaban J connectivity index is 1.73. The lowest BCUT2D eigenvalue weighted by Crippen LogP contribution is -2.33. The second-order valence-electron chi connectivity index (χ2n) is 7.56. The van der Waals surface area contributed by atoms with Crippen molar-refractivity contribution in [3.8, 4) is 17.0 Å². The first kappa shape index (κ1) is 22.3. The molecule has 2 amide bonds. The van der Waals surface area contributed by atoms with Crippen molar-refractivity contribution in [3.63, 3.8) is 0 Å². The van der Waals surface area contributed by atoms with E-state index in [1.165, 1.54) is 22.5 Å². The standard InChI is InChI=1S/C22H22ClN7O3/c1-13(2)26-19(31)12-29-11-17(20(28-29)15-9-14(23)5-6-18(15)33-3)27-22(32)16-10-25-30-8-4-7-24-21(16)30/h4-11,13H,12H2,1-3H3,(H,26,31)(H,27,32). The molecule has 0 spiro atoms. The van der Waals surface area contributed by atoms with Crippen molar-refractivity contribution in [2.45, 2.75) is 26.4 Å². The van der Waals surface area contributed by atoms with Crippen molar-refractivity contribution >= 4 is 34.7 Å². The van der Waals surface area contributed by atoms with E-state index in [-0.39, 0.29) is 18.5 Å². The van der Waals surface area contributed by atoms with Gasteiger partial charge in [0.15, 0.2) is 5.65 Å². The molecule has 0 aliphatic rings. The fourth-order valence-corrected chi connectivity index (χ4v) is 3.52. The molecule has 0 saturated heterocycles. The lowest BCUT2D eigenvalue weighted by Gasteiger charge is -2.09. The van der Waals surface area contributed by atoms with Crippen molar-refractivity contribution in [2.75, 3.05) is 12.4 Å². The smallest absolute Gasteiger partial charge is 0.261 e. The van der Waals surface area contributed by atoms with Gasteiger partial charge < -0.3 is 15.4 Å². The summed E-state index contributed by atoms with van der Waals surface area (Å²) >= 11 is 6.22. The number of rotatable bonds is 7. The zero-order valence-corrected chi connectivity index (χ0v) is 19.0. The molecule has 0 unspecified atom stereocenters. The first-order chi connectivity index (χ1) is 15.9. The van der Waals surface area contributed by atoms with Crippen molar-refractivity contribution < 1.29 is 14.3 Å². The van der Waals surface area contributed by atoms with Gasteiger partial charge >= 0.3 is 0 Å². The van der Waals surface area contributed by atoms with Gasteiger partial charge in [0.1, 0.15) is 23.6 Å².